The van der Waals surface area contributed by atoms with Crippen molar-refractivity contribution in [1.29, 1.82) is 0 Å². The van der Waals surface area contributed by atoms with E-state index in [4.69, 9.17) is 16.7 Å². The van der Waals surface area contributed by atoms with Crippen molar-refractivity contribution in [2.75, 3.05) is 11.9 Å². The Labute approximate surface area is 124 Å². The first-order valence-corrected chi connectivity index (χ1v) is 6.23. The van der Waals surface area contributed by atoms with Crippen molar-refractivity contribution in [3.8, 4) is 11.8 Å². The highest BCUT2D eigenvalue weighted by Crippen LogP contribution is 2.20. The van der Waals surface area contributed by atoms with Gasteiger partial charge in [-0.3, -0.25) is 9.59 Å². The summed E-state index contributed by atoms with van der Waals surface area (Å²) in [6.07, 6.45) is 2.23. The molecule has 0 saturated carbocycles. The number of rotatable bonds is 2. The van der Waals surface area contributed by atoms with Gasteiger partial charge in [-0.2, -0.15) is 0 Å². The molecule has 0 aliphatic carbocycles. The second-order valence-electron chi connectivity index (χ2n) is 3.90. The van der Waals surface area contributed by atoms with Crippen molar-refractivity contribution >= 4 is 23.2 Å². The van der Waals surface area contributed by atoms with Gasteiger partial charge < -0.3 is 15.4 Å². The molecule has 0 saturated heterocycles. The van der Waals surface area contributed by atoms with Crippen LogP contribution in [0, 0.1) is 11.8 Å². The Morgan fingerprint density at radius 1 is 1.48 bits per heavy atom. The SMILES string of the molecule is O=C(Nc1ccc(Cl)cc1C#CCO)c1c[nH]c(=O)cn1. The van der Waals surface area contributed by atoms with Gasteiger partial charge in [0.1, 0.15) is 12.3 Å². The predicted molar refractivity (Wildman–Crippen MR) is 78.2 cm³/mol. The molecule has 0 radical (unpaired) electrons. The van der Waals surface area contributed by atoms with E-state index in [1.807, 2.05) is 0 Å². The second kappa shape index (κ2) is 6.70. The van der Waals surface area contributed by atoms with E-state index in [9.17, 15) is 9.59 Å². The molecular formula is C14H10ClN3O3. The van der Waals surface area contributed by atoms with Crippen LogP contribution in [0.5, 0.6) is 0 Å². The fourth-order valence-corrected chi connectivity index (χ4v) is 1.69. The zero-order valence-electron chi connectivity index (χ0n) is 10.7. The maximum Gasteiger partial charge on any atom is 0.275 e. The molecule has 106 valence electrons. The van der Waals surface area contributed by atoms with E-state index < -0.39 is 11.5 Å². The molecule has 0 aliphatic rings. The van der Waals surface area contributed by atoms with Gasteiger partial charge in [0.2, 0.25) is 0 Å². The van der Waals surface area contributed by atoms with Gasteiger partial charge in [0.15, 0.2) is 0 Å². The average Bonchev–Trinajstić information content (AvgIpc) is 2.48. The van der Waals surface area contributed by atoms with Gasteiger partial charge in [0, 0.05) is 16.8 Å². The summed E-state index contributed by atoms with van der Waals surface area (Å²) in [7, 11) is 0. The number of carbonyl (C=O) groups is 1. The molecule has 0 spiro atoms. The van der Waals surface area contributed by atoms with Gasteiger partial charge in [-0.25, -0.2) is 4.98 Å². The van der Waals surface area contributed by atoms with Crippen LogP contribution in [0.25, 0.3) is 0 Å². The van der Waals surface area contributed by atoms with Gasteiger partial charge in [-0.15, -0.1) is 0 Å². The van der Waals surface area contributed by atoms with E-state index in [2.05, 4.69) is 27.1 Å². The summed E-state index contributed by atoms with van der Waals surface area (Å²) in [4.78, 5) is 29.0. The lowest BCUT2D eigenvalue weighted by molar-refractivity contribution is 0.102. The highest BCUT2D eigenvalue weighted by molar-refractivity contribution is 6.30. The van der Waals surface area contributed by atoms with Crippen LogP contribution in [0.2, 0.25) is 5.02 Å². The number of aliphatic hydroxyl groups is 1. The largest absolute Gasteiger partial charge is 0.384 e. The smallest absolute Gasteiger partial charge is 0.275 e. The molecule has 21 heavy (non-hydrogen) atoms. The fraction of sp³-hybridized carbons (Fsp3) is 0.0714. The predicted octanol–water partition coefficient (Wildman–Crippen LogP) is 1.02. The number of amides is 1. The Balaban J connectivity index is 2.28. The molecule has 1 aromatic carbocycles. The number of halogens is 1. The van der Waals surface area contributed by atoms with Crippen LogP contribution in [-0.2, 0) is 0 Å². The third-order valence-corrected chi connectivity index (χ3v) is 2.67. The minimum Gasteiger partial charge on any atom is -0.384 e. The fourth-order valence-electron chi connectivity index (χ4n) is 1.52. The summed E-state index contributed by atoms with van der Waals surface area (Å²) in [5.41, 5.74) is 0.561. The van der Waals surface area contributed by atoms with E-state index in [1.54, 1.807) is 18.2 Å². The number of H-pyrrole nitrogens is 1. The Morgan fingerprint density at radius 2 is 2.29 bits per heavy atom. The number of nitrogens with one attached hydrogen (secondary N) is 2. The van der Waals surface area contributed by atoms with Crippen molar-refractivity contribution in [2.45, 2.75) is 0 Å². The molecule has 0 bridgehead atoms. The second-order valence-corrected chi connectivity index (χ2v) is 4.34. The van der Waals surface area contributed by atoms with E-state index in [-0.39, 0.29) is 12.3 Å². The maximum atomic E-state index is 12.0. The summed E-state index contributed by atoms with van der Waals surface area (Å²) < 4.78 is 0. The van der Waals surface area contributed by atoms with Gasteiger partial charge >= 0.3 is 0 Å². The third-order valence-electron chi connectivity index (χ3n) is 2.44. The normalized spacial score (nSPS) is 9.62. The Bertz CT molecular complexity index is 770. The lowest BCUT2D eigenvalue weighted by Gasteiger charge is -2.07. The summed E-state index contributed by atoms with van der Waals surface area (Å²) >= 11 is 5.87. The molecule has 3 N–H and O–H groups in total. The number of nitrogens with zero attached hydrogens (tertiary/aromatic N) is 1. The third kappa shape index (κ3) is 3.92. The quantitative estimate of drug-likeness (QED) is 0.722. The molecule has 7 heteroatoms. The van der Waals surface area contributed by atoms with Crippen molar-refractivity contribution in [2.24, 2.45) is 0 Å². The topological polar surface area (TPSA) is 95.1 Å². The van der Waals surface area contributed by atoms with Crippen molar-refractivity contribution < 1.29 is 9.90 Å². The van der Waals surface area contributed by atoms with Gasteiger partial charge in [-0.05, 0) is 18.2 Å². The highest BCUT2D eigenvalue weighted by Gasteiger charge is 2.10. The van der Waals surface area contributed by atoms with E-state index >= 15 is 0 Å². The lowest BCUT2D eigenvalue weighted by atomic mass is 10.1. The van der Waals surface area contributed by atoms with Crippen LogP contribution < -0.4 is 10.9 Å². The molecule has 1 aromatic heterocycles. The Hall–Kier alpha value is -2.62. The molecule has 0 unspecified atom stereocenters. The van der Waals surface area contributed by atoms with Crippen molar-refractivity contribution in [1.82, 2.24) is 9.97 Å². The number of hydrogen-bond acceptors (Lipinski definition) is 4. The zero-order valence-corrected chi connectivity index (χ0v) is 11.4. The van der Waals surface area contributed by atoms with Crippen LogP contribution in [0.3, 0.4) is 0 Å². The summed E-state index contributed by atoms with van der Waals surface area (Å²) in [5.74, 6) is 4.68. The van der Waals surface area contributed by atoms with Crippen LogP contribution >= 0.6 is 11.6 Å². The van der Waals surface area contributed by atoms with Crippen LogP contribution in [0.15, 0.2) is 35.4 Å². The molecule has 0 fully saturated rings. The van der Waals surface area contributed by atoms with Gasteiger partial charge in [0.25, 0.3) is 11.5 Å². The minimum absolute atomic E-state index is 0.0608. The molecule has 6 nitrogen and oxygen atoms in total. The number of benzene rings is 1. The first kappa shape index (κ1) is 14.8. The number of aromatic amines is 1. The monoisotopic (exact) mass is 303 g/mol. The zero-order chi connectivity index (χ0) is 15.2. The van der Waals surface area contributed by atoms with E-state index in [0.717, 1.165) is 6.20 Å². The highest BCUT2D eigenvalue weighted by atomic mass is 35.5. The van der Waals surface area contributed by atoms with Crippen LogP contribution in [-0.4, -0.2) is 27.6 Å². The van der Waals surface area contributed by atoms with Crippen molar-refractivity contribution in [3.63, 3.8) is 0 Å². The standard InChI is InChI=1S/C14H10ClN3O3/c15-10-3-4-11(9(6-10)2-1-5-19)18-14(21)12-7-17-13(20)8-16-12/h3-4,6-8,19H,5H2,(H,17,20)(H,18,21). The van der Waals surface area contributed by atoms with Gasteiger partial charge in [-0.1, -0.05) is 23.4 Å². The summed E-state index contributed by atoms with van der Waals surface area (Å²) in [5, 5.41) is 11.8. The number of aromatic nitrogens is 2. The first-order valence-electron chi connectivity index (χ1n) is 5.85. The number of aliphatic hydroxyl groups excluding tert-OH is 1. The van der Waals surface area contributed by atoms with E-state index in [1.165, 1.54) is 6.20 Å². The number of hydrogen-bond donors (Lipinski definition) is 3. The molecule has 0 aliphatic heterocycles. The number of carbonyl (C=O) groups excluding carboxylic acids is 1. The average molecular weight is 304 g/mol. The first-order chi connectivity index (χ1) is 10.1. The molecule has 1 amide bonds. The van der Waals surface area contributed by atoms with Gasteiger partial charge in [0.05, 0.1) is 11.9 Å². The summed E-state index contributed by atoms with van der Waals surface area (Å²) in [6.45, 7) is -0.304. The van der Waals surface area contributed by atoms with Crippen LogP contribution in [0.1, 0.15) is 16.1 Å². The van der Waals surface area contributed by atoms with Crippen molar-refractivity contribution in [3.05, 3.63) is 57.2 Å². The molecule has 0 atom stereocenters. The molecule has 1 heterocycles. The minimum atomic E-state index is -0.499. The lowest BCUT2D eigenvalue weighted by Crippen LogP contribution is -2.17. The van der Waals surface area contributed by atoms with E-state index in [0.29, 0.717) is 16.3 Å². The maximum absolute atomic E-state index is 12.0. The summed E-state index contributed by atoms with van der Waals surface area (Å²) in [6, 6.07) is 4.76. The molecular weight excluding hydrogens is 294 g/mol. The molecule has 2 aromatic rings. The Kier molecular flexibility index (Phi) is 4.72. The Morgan fingerprint density at radius 3 is 2.95 bits per heavy atom. The van der Waals surface area contributed by atoms with Crippen LogP contribution in [0.4, 0.5) is 5.69 Å². The molecule has 2 rings (SSSR count). The number of anilines is 1.